The lowest BCUT2D eigenvalue weighted by molar-refractivity contribution is -0.134. The van der Waals surface area contributed by atoms with Crippen molar-refractivity contribution in [2.45, 2.75) is 18.9 Å². The maximum absolute atomic E-state index is 12.4. The van der Waals surface area contributed by atoms with Crippen LogP contribution in [0.4, 0.5) is 0 Å². The van der Waals surface area contributed by atoms with Crippen molar-refractivity contribution in [3.63, 3.8) is 0 Å². The standard InChI is InChI=1S/C21H24N2O3.ClH/c1-22-18-11-13-23(14-12-18)20(24)15-26-19-9-7-17(8-10-19)21(25)16-5-3-2-4-6-16;/h2-10,18,22H,11-15H2,1H3;1H. The molecule has 144 valence electrons. The molecule has 1 N–H and O–H groups in total. The Kier molecular flexibility index (Phi) is 7.82. The summed E-state index contributed by atoms with van der Waals surface area (Å²) in [6, 6.07) is 16.6. The number of rotatable bonds is 6. The third-order valence-electron chi connectivity index (χ3n) is 4.77. The molecular weight excluding hydrogens is 364 g/mol. The molecule has 3 rings (SSSR count). The van der Waals surface area contributed by atoms with Gasteiger partial charge >= 0.3 is 0 Å². The van der Waals surface area contributed by atoms with Gasteiger partial charge in [0.1, 0.15) is 5.75 Å². The van der Waals surface area contributed by atoms with Gasteiger partial charge in [-0.05, 0) is 44.2 Å². The average molecular weight is 389 g/mol. The van der Waals surface area contributed by atoms with E-state index < -0.39 is 0 Å². The molecule has 1 aliphatic heterocycles. The molecule has 1 saturated heterocycles. The molecule has 2 aromatic carbocycles. The summed E-state index contributed by atoms with van der Waals surface area (Å²) in [5, 5.41) is 3.25. The Morgan fingerprint density at radius 1 is 1.00 bits per heavy atom. The second-order valence-electron chi connectivity index (χ2n) is 6.45. The summed E-state index contributed by atoms with van der Waals surface area (Å²) in [4.78, 5) is 26.5. The van der Waals surface area contributed by atoms with Gasteiger partial charge in [-0.3, -0.25) is 9.59 Å². The number of nitrogens with zero attached hydrogens (tertiary/aromatic N) is 1. The van der Waals surface area contributed by atoms with Crippen molar-refractivity contribution in [1.29, 1.82) is 0 Å². The van der Waals surface area contributed by atoms with E-state index in [4.69, 9.17) is 4.74 Å². The van der Waals surface area contributed by atoms with E-state index in [-0.39, 0.29) is 30.7 Å². The predicted octanol–water partition coefficient (Wildman–Crippen LogP) is 2.93. The highest BCUT2D eigenvalue weighted by atomic mass is 35.5. The molecule has 0 atom stereocenters. The van der Waals surface area contributed by atoms with Crippen LogP contribution >= 0.6 is 12.4 Å². The van der Waals surface area contributed by atoms with Crippen LogP contribution in [0.5, 0.6) is 5.75 Å². The van der Waals surface area contributed by atoms with E-state index in [1.807, 2.05) is 30.1 Å². The number of nitrogens with one attached hydrogen (secondary N) is 1. The van der Waals surface area contributed by atoms with Gasteiger partial charge in [0, 0.05) is 30.3 Å². The highest BCUT2D eigenvalue weighted by Gasteiger charge is 2.21. The maximum Gasteiger partial charge on any atom is 0.260 e. The fraction of sp³-hybridized carbons (Fsp3) is 0.333. The van der Waals surface area contributed by atoms with Crippen LogP contribution in [0.25, 0.3) is 0 Å². The highest BCUT2D eigenvalue weighted by molar-refractivity contribution is 6.08. The van der Waals surface area contributed by atoms with E-state index in [9.17, 15) is 9.59 Å². The van der Waals surface area contributed by atoms with E-state index in [0.717, 1.165) is 25.9 Å². The lowest BCUT2D eigenvalue weighted by Gasteiger charge is -2.31. The van der Waals surface area contributed by atoms with E-state index in [0.29, 0.717) is 22.9 Å². The fourth-order valence-electron chi connectivity index (χ4n) is 3.11. The predicted molar refractivity (Wildman–Crippen MR) is 108 cm³/mol. The van der Waals surface area contributed by atoms with Crippen LogP contribution in [0.2, 0.25) is 0 Å². The summed E-state index contributed by atoms with van der Waals surface area (Å²) in [5.41, 5.74) is 1.25. The van der Waals surface area contributed by atoms with Crippen LogP contribution in [-0.4, -0.2) is 49.4 Å². The first-order valence-corrected chi connectivity index (χ1v) is 8.95. The monoisotopic (exact) mass is 388 g/mol. The second kappa shape index (κ2) is 10.1. The third-order valence-corrected chi connectivity index (χ3v) is 4.77. The number of piperidine rings is 1. The minimum atomic E-state index is -0.0272. The highest BCUT2D eigenvalue weighted by Crippen LogP contribution is 2.16. The Hall–Kier alpha value is -2.37. The second-order valence-corrected chi connectivity index (χ2v) is 6.45. The largest absolute Gasteiger partial charge is 0.484 e. The van der Waals surface area contributed by atoms with Crippen LogP contribution in [0.15, 0.2) is 54.6 Å². The summed E-state index contributed by atoms with van der Waals surface area (Å²) in [6.07, 6.45) is 1.94. The minimum Gasteiger partial charge on any atom is -0.484 e. The molecule has 2 aromatic rings. The van der Waals surface area contributed by atoms with Gasteiger partial charge in [0.05, 0.1) is 0 Å². The van der Waals surface area contributed by atoms with Gasteiger partial charge in [0.2, 0.25) is 0 Å². The molecule has 1 heterocycles. The Bertz CT molecular complexity index is 742. The third kappa shape index (κ3) is 5.55. The van der Waals surface area contributed by atoms with Crippen molar-refractivity contribution in [1.82, 2.24) is 10.2 Å². The molecule has 5 nitrogen and oxygen atoms in total. The molecule has 0 radical (unpaired) electrons. The molecule has 1 aliphatic rings. The summed E-state index contributed by atoms with van der Waals surface area (Å²) in [6.45, 7) is 1.55. The molecule has 1 fully saturated rings. The van der Waals surface area contributed by atoms with Gasteiger partial charge in [0.25, 0.3) is 5.91 Å². The molecule has 0 saturated carbocycles. The normalized spacial score (nSPS) is 14.3. The maximum atomic E-state index is 12.4. The Balaban J connectivity index is 0.00000261. The summed E-state index contributed by atoms with van der Waals surface area (Å²) < 4.78 is 5.60. The van der Waals surface area contributed by atoms with Crippen molar-refractivity contribution in [3.05, 3.63) is 65.7 Å². The number of carbonyl (C=O) groups is 2. The Labute approximate surface area is 166 Å². The molecule has 6 heteroatoms. The first-order valence-electron chi connectivity index (χ1n) is 8.95. The molecule has 0 unspecified atom stereocenters. The van der Waals surface area contributed by atoms with Gasteiger partial charge in [-0.15, -0.1) is 12.4 Å². The summed E-state index contributed by atoms with van der Waals surface area (Å²) >= 11 is 0. The van der Waals surface area contributed by atoms with Crippen LogP contribution < -0.4 is 10.1 Å². The molecule has 0 bridgehead atoms. The van der Waals surface area contributed by atoms with Crippen molar-refractivity contribution in [2.24, 2.45) is 0 Å². The van der Waals surface area contributed by atoms with E-state index in [1.165, 1.54) is 0 Å². The topological polar surface area (TPSA) is 58.6 Å². The molecule has 1 amide bonds. The smallest absolute Gasteiger partial charge is 0.260 e. The van der Waals surface area contributed by atoms with Crippen molar-refractivity contribution < 1.29 is 14.3 Å². The number of ketones is 1. The van der Waals surface area contributed by atoms with Gasteiger partial charge in [0.15, 0.2) is 12.4 Å². The first kappa shape index (κ1) is 20.9. The Morgan fingerprint density at radius 2 is 1.59 bits per heavy atom. The van der Waals surface area contributed by atoms with Crippen LogP contribution in [-0.2, 0) is 4.79 Å². The number of benzene rings is 2. The first-order chi connectivity index (χ1) is 12.7. The number of halogens is 1. The summed E-state index contributed by atoms with van der Waals surface area (Å²) in [5.74, 6) is 0.567. The zero-order valence-electron chi connectivity index (χ0n) is 15.4. The Morgan fingerprint density at radius 3 is 2.19 bits per heavy atom. The number of amides is 1. The number of ether oxygens (including phenoxy) is 1. The lowest BCUT2D eigenvalue weighted by Crippen LogP contribution is -2.45. The SMILES string of the molecule is CNC1CCN(C(=O)COc2ccc(C(=O)c3ccccc3)cc2)CC1.Cl. The van der Waals surface area contributed by atoms with Crippen molar-refractivity contribution >= 4 is 24.1 Å². The quantitative estimate of drug-likeness (QED) is 0.773. The molecular formula is C21H25ClN2O3. The molecule has 0 aliphatic carbocycles. The van der Waals surface area contributed by atoms with E-state index in [2.05, 4.69) is 5.32 Å². The van der Waals surface area contributed by atoms with Crippen molar-refractivity contribution in [2.75, 3.05) is 26.7 Å². The number of likely N-dealkylation sites (tertiary alicyclic amines) is 1. The molecule has 0 spiro atoms. The van der Waals surface area contributed by atoms with Crippen LogP contribution in [0.3, 0.4) is 0 Å². The van der Waals surface area contributed by atoms with E-state index in [1.54, 1.807) is 36.4 Å². The van der Waals surface area contributed by atoms with Crippen molar-refractivity contribution in [3.8, 4) is 5.75 Å². The van der Waals surface area contributed by atoms with Gasteiger partial charge < -0.3 is 15.0 Å². The number of hydrogen-bond acceptors (Lipinski definition) is 4. The zero-order chi connectivity index (χ0) is 18.4. The van der Waals surface area contributed by atoms with Gasteiger partial charge in [-0.1, -0.05) is 30.3 Å². The number of hydrogen-bond donors (Lipinski definition) is 1. The zero-order valence-corrected chi connectivity index (χ0v) is 16.2. The van der Waals surface area contributed by atoms with Gasteiger partial charge in [-0.25, -0.2) is 0 Å². The van der Waals surface area contributed by atoms with Gasteiger partial charge in [-0.2, -0.15) is 0 Å². The fourth-order valence-corrected chi connectivity index (χ4v) is 3.11. The van der Waals surface area contributed by atoms with Crippen LogP contribution in [0.1, 0.15) is 28.8 Å². The van der Waals surface area contributed by atoms with E-state index >= 15 is 0 Å². The van der Waals surface area contributed by atoms with Crippen LogP contribution in [0, 0.1) is 0 Å². The number of carbonyl (C=O) groups excluding carboxylic acids is 2. The molecule has 0 aromatic heterocycles. The average Bonchev–Trinajstić information content (AvgIpc) is 2.72. The molecule has 27 heavy (non-hydrogen) atoms. The lowest BCUT2D eigenvalue weighted by atomic mass is 10.0. The summed E-state index contributed by atoms with van der Waals surface area (Å²) in [7, 11) is 1.96. The minimum absolute atomic E-state index is 0.